The van der Waals surface area contributed by atoms with Gasteiger partial charge in [0, 0.05) is 12.0 Å². The first kappa shape index (κ1) is 10.6. The van der Waals surface area contributed by atoms with E-state index in [1.807, 2.05) is 7.05 Å². The number of hydrogen-bond acceptors (Lipinski definition) is 4. The molecule has 1 fully saturated rings. The molecule has 0 aromatic carbocycles. The van der Waals surface area contributed by atoms with Gasteiger partial charge in [-0.15, -0.1) is 0 Å². The lowest BCUT2D eigenvalue weighted by Crippen LogP contribution is -2.27. The summed E-state index contributed by atoms with van der Waals surface area (Å²) >= 11 is 0. The molecule has 0 saturated heterocycles. The lowest BCUT2D eigenvalue weighted by Gasteiger charge is -2.14. The fraction of sp³-hybridized carbons (Fsp3) is 0.818. The molecular formula is C11H19N3O. The number of likely N-dealkylation sites (N-methyl/N-ethyl adjacent to an activating group) is 1. The van der Waals surface area contributed by atoms with E-state index in [2.05, 4.69) is 29.3 Å². The Morgan fingerprint density at radius 1 is 1.40 bits per heavy atom. The third-order valence-electron chi connectivity index (χ3n) is 3.18. The van der Waals surface area contributed by atoms with Crippen LogP contribution in [0.5, 0.6) is 0 Å². The van der Waals surface area contributed by atoms with Crippen LogP contribution in [0.1, 0.15) is 56.7 Å². The molecule has 1 N–H and O–H groups in total. The van der Waals surface area contributed by atoms with Crippen molar-refractivity contribution in [3.05, 3.63) is 11.7 Å². The van der Waals surface area contributed by atoms with Gasteiger partial charge in [0.25, 0.3) is 0 Å². The highest BCUT2D eigenvalue weighted by Crippen LogP contribution is 2.33. The molecule has 0 spiro atoms. The van der Waals surface area contributed by atoms with E-state index < -0.39 is 0 Å². The Kier molecular flexibility index (Phi) is 3.05. The SMILES string of the molecule is CN[C@H]1CCC[C@@H]1c1nc(C(C)C)no1. The van der Waals surface area contributed by atoms with Crippen molar-refractivity contribution in [2.24, 2.45) is 0 Å². The molecule has 1 aromatic rings. The van der Waals surface area contributed by atoms with Gasteiger partial charge in [0.15, 0.2) is 5.82 Å². The standard InChI is InChI=1S/C11H19N3O/c1-7(2)10-13-11(15-14-10)8-5-4-6-9(8)12-3/h7-9,12H,4-6H2,1-3H3/t8-,9-/m0/s1. The Balaban J connectivity index is 2.14. The number of nitrogens with zero attached hydrogens (tertiary/aromatic N) is 2. The minimum atomic E-state index is 0.344. The van der Waals surface area contributed by atoms with Crippen molar-refractivity contribution >= 4 is 0 Å². The molecule has 4 nitrogen and oxygen atoms in total. The van der Waals surface area contributed by atoms with Crippen LogP contribution < -0.4 is 5.32 Å². The van der Waals surface area contributed by atoms with Crippen LogP contribution in [0.4, 0.5) is 0 Å². The van der Waals surface area contributed by atoms with Crippen LogP contribution in [-0.2, 0) is 0 Å². The van der Waals surface area contributed by atoms with E-state index in [1.165, 1.54) is 12.8 Å². The first-order chi connectivity index (χ1) is 7.22. The van der Waals surface area contributed by atoms with Crippen LogP contribution in [0.25, 0.3) is 0 Å². The van der Waals surface area contributed by atoms with Gasteiger partial charge in [0.2, 0.25) is 5.89 Å². The summed E-state index contributed by atoms with van der Waals surface area (Å²) in [7, 11) is 2.00. The summed E-state index contributed by atoms with van der Waals surface area (Å²) in [5.41, 5.74) is 0. The summed E-state index contributed by atoms with van der Waals surface area (Å²) in [4.78, 5) is 4.47. The summed E-state index contributed by atoms with van der Waals surface area (Å²) < 4.78 is 5.34. The molecule has 0 aliphatic heterocycles. The average molecular weight is 209 g/mol. The van der Waals surface area contributed by atoms with Crippen molar-refractivity contribution in [2.75, 3.05) is 7.05 Å². The molecule has 2 rings (SSSR count). The zero-order chi connectivity index (χ0) is 10.8. The smallest absolute Gasteiger partial charge is 0.231 e. The van der Waals surface area contributed by atoms with Gasteiger partial charge in [-0.25, -0.2) is 0 Å². The van der Waals surface area contributed by atoms with E-state index in [-0.39, 0.29) is 0 Å². The van der Waals surface area contributed by atoms with Gasteiger partial charge in [-0.05, 0) is 19.9 Å². The van der Waals surface area contributed by atoms with E-state index in [0.717, 1.165) is 18.1 Å². The molecule has 0 bridgehead atoms. The van der Waals surface area contributed by atoms with Crippen LogP contribution in [-0.4, -0.2) is 23.2 Å². The molecule has 1 aliphatic carbocycles. The van der Waals surface area contributed by atoms with Crippen molar-refractivity contribution < 1.29 is 4.52 Å². The average Bonchev–Trinajstić information content (AvgIpc) is 2.85. The van der Waals surface area contributed by atoms with Gasteiger partial charge in [-0.1, -0.05) is 25.4 Å². The molecule has 1 saturated carbocycles. The van der Waals surface area contributed by atoms with Gasteiger partial charge in [-0.3, -0.25) is 0 Å². The highest BCUT2D eigenvalue weighted by atomic mass is 16.5. The summed E-state index contributed by atoms with van der Waals surface area (Å²) in [6.45, 7) is 4.16. The molecule has 0 amide bonds. The highest BCUT2D eigenvalue weighted by Gasteiger charge is 2.31. The summed E-state index contributed by atoms with van der Waals surface area (Å²) in [6, 6.07) is 0.505. The van der Waals surface area contributed by atoms with Crippen LogP contribution >= 0.6 is 0 Å². The predicted octanol–water partition coefficient (Wildman–Crippen LogP) is 2.05. The Bertz CT molecular complexity index is 321. The third-order valence-corrected chi connectivity index (χ3v) is 3.18. The Labute approximate surface area is 90.4 Å². The number of rotatable bonds is 3. The minimum absolute atomic E-state index is 0.344. The number of nitrogens with one attached hydrogen (secondary N) is 1. The van der Waals surface area contributed by atoms with Crippen molar-refractivity contribution in [1.29, 1.82) is 0 Å². The monoisotopic (exact) mass is 209 g/mol. The molecule has 1 heterocycles. The van der Waals surface area contributed by atoms with E-state index in [4.69, 9.17) is 4.52 Å². The van der Waals surface area contributed by atoms with Gasteiger partial charge in [-0.2, -0.15) is 4.98 Å². The molecule has 2 atom stereocenters. The zero-order valence-corrected chi connectivity index (χ0v) is 9.66. The van der Waals surface area contributed by atoms with E-state index in [9.17, 15) is 0 Å². The maximum Gasteiger partial charge on any atom is 0.231 e. The molecule has 4 heteroatoms. The zero-order valence-electron chi connectivity index (χ0n) is 9.66. The van der Waals surface area contributed by atoms with Crippen molar-refractivity contribution in [2.45, 2.75) is 51.0 Å². The first-order valence-electron chi connectivity index (χ1n) is 5.73. The molecule has 1 aliphatic rings. The number of hydrogen-bond donors (Lipinski definition) is 1. The van der Waals surface area contributed by atoms with Crippen LogP contribution in [0.3, 0.4) is 0 Å². The third kappa shape index (κ3) is 2.04. The second kappa shape index (κ2) is 4.31. The topological polar surface area (TPSA) is 51.0 Å². The Hall–Kier alpha value is -0.900. The second-order valence-electron chi connectivity index (χ2n) is 4.58. The summed E-state index contributed by atoms with van der Waals surface area (Å²) in [6.07, 6.45) is 3.61. The van der Waals surface area contributed by atoms with Gasteiger partial charge in [0.05, 0.1) is 5.92 Å². The first-order valence-corrected chi connectivity index (χ1v) is 5.73. The highest BCUT2D eigenvalue weighted by molar-refractivity contribution is 5.03. The lowest BCUT2D eigenvalue weighted by molar-refractivity contribution is 0.331. The van der Waals surface area contributed by atoms with E-state index in [1.54, 1.807) is 0 Å². The predicted molar refractivity (Wildman–Crippen MR) is 57.8 cm³/mol. The normalized spacial score (nSPS) is 26.4. The fourth-order valence-corrected chi connectivity index (χ4v) is 2.23. The Morgan fingerprint density at radius 3 is 2.80 bits per heavy atom. The Morgan fingerprint density at radius 2 is 2.20 bits per heavy atom. The molecule has 15 heavy (non-hydrogen) atoms. The summed E-state index contributed by atoms with van der Waals surface area (Å²) in [5.74, 6) is 2.40. The van der Waals surface area contributed by atoms with Gasteiger partial charge >= 0.3 is 0 Å². The van der Waals surface area contributed by atoms with E-state index >= 15 is 0 Å². The van der Waals surface area contributed by atoms with Gasteiger partial charge < -0.3 is 9.84 Å². The maximum absolute atomic E-state index is 5.34. The molecule has 0 radical (unpaired) electrons. The molecule has 0 unspecified atom stereocenters. The van der Waals surface area contributed by atoms with Crippen LogP contribution in [0.15, 0.2) is 4.52 Å². The second-order valence-corrected chi connectivity index (χ2v) is 4.58. The van der Waals surface area contributed by atoms with Crippen molar-refractivity contribution in [1.82, 2.24) is 15.5 Å². The van der Waals surface area contributed by atoms with Crippen LogP contribution in [0, 0.1) is 0 Å². The van der Waals surface area contributed by atoms with E-state index in [0.29, 0.717) is 17.9 Å². The maximum atomic E-state index is 5.34. The quantitative estimate of drug-likeness (QED) is 0.827. The van der Waals surface area contributed by atoms with Crippen molar-refractivity contribution in [3.63, 3.8) is 0 Å². The lowest BCUT2D eigenvalue weighted by atomic mass is 10.0. The molecule has 1 aromatic heterocycles. The van der Waals surface area contributed by atoms with Crippen molar-refractivity contribution in [3.8, 4) is 0 Å². The minimum Gasteiger partial charge on any atom is -0.339 e. The van der Waals surface area contributed by atoms with Crippen LogP contribution in [0.2, 0.25) is 0 Å². The molecule has 84 valence electrons. The van der Waals surface area contributed by atoms with Gasteiger partial charge in [0.1, 0.15) is 0 Å². The number of aromatic nitrogens is 2. The largest absolute Gasteiger partial charge is 0.339 e. The molecular weight excluding hydrogens is 190 g/mol. The fourth-order valence-electron chi connectivity index (χ4n) is 2.23. The summed E-state index contributed by atoms with van der Waals surface area (Å²) in [5, 5.41) is 7.34.